The summed E-state index contributed by atoms with van der Waals surface area (Å²) < 4.78 is 22.0. The van der Waals surface area contributed by atoms with Gasteiger partial charge in [-0.2, -0.15) is 0 Å². The number of nitrogens with two attached hydrogens (primary N) is 1. The lowest BCUT2D eigenvalue weighted by atomic mass is 10.5. The molecule has 0 radical (unpaired) electrons. The summed E-state index contributed by atoms with van der Waals surface area (Å²) in [6.45, 7) is 8.36. The second-order valence-corrected chi connectivity index (χ2v) is 4.94. The van der Waals surface area contributed by atoms with Crippen molar-refractivity contribution >= 4 is 9.05 Å². The van der Waals surface area contributed by atoms with E-state index in [2.05, 4.69) is 0 Å². The molecule has 0 aliphatic rings. The van der Waals surface area contributed by atoms with E-state index < -0.39 is 9.05 Å². The molecule has 0 amide bonds. The van der Waals surface area contributed by atoms with Gasteiger partial charge in [-0.3, -0.25) is 0 Å². The number of hydrogen-bond acceptors (Lipinski definition) is 5. The first-order chi connectivity index (χ1) is 7.24. The lowest BCUT2D eigenvalue weighted by molar-refractivity contribution is -0.0275. The van der Waals surface area contributed by atoms with Crippen LogP contribution in [0, 0.1) is 0 Å². The molecule has 5 nitrogen and oxygen atoms in total. The second-order valence-electron chi connectivity index (χ2n) is 2.79. The fourth-order valence-corrected chi connectivity index (χ4v) is 3.02. The number of rotatable bonds is 10. The van der Waals surface area contributed by atoms with E-state index in [4.69, 9.17) is 23.4 Å². The normalized spacial score (nSPS) is 12.0. The summed E-state index contributed by atoms with van der Waals surface area (Å²) in [5.74, 6) is 0. The van der Waals surface area contributed by atoms with Crippen LogP contribution in [0.15, 0.2) is 0 Å². The molecule has 15 heavy (non-hydrogen) atoms. The van der Waals surface area contributed by atoms with Crippen LogP contribution in [0.25, 0.3) is 0 Å². The summed E-state index contributed by atoms with van der Waals surface area (Å²) in [6.07, 6.45) is 0.780. The van der Waals surface area contributed by atoms with Crippen molar-refractivity contribution < 1.29 is 17.7 Å². The Kier molecular flexibility index (Phi) is 9.27. The Morgan fingerprint density at radius 2 is 1.33 bits per heavy atom. The van der Waals surface area contributed by atoms with Crippen molar-refractivity contribution in [2.45, 2.75) is 27.2 Å². The van der Waals surface area contributed by atoms with Crippen LogP contribution >= 0.6 is 0 Å². The molecule has 0 aromatic rings. The maximum absolute atomic E-state index is 5.58. The third kappa shape index (κ3) is 6.24. The molecule has 0 aromatic carbocycles. The van der Waals surface area contributed by atoms with E-state index >= 15 is 0 Å². The molecule has 0 atom stereocenters. The van der Waals surface area contributed by atoms with Crippen molar-refractivity contribution in [1.82, 2.24) is 0 Å². The molecule has 0 aromatic heterocycles. The molecule has 0 saturated carbocycles. The van der Waals surface area contributed by atoms with Crippen LogP contribution in [0.1, 0.15) is 27.2 Å². The summed E-state index contributed by atoms with van der Waals surface area (Å²) >= 11 is 0. The first kappa shape index (κ1) is 15.0. The third-order valence-electron chi connectivity index (χ3n) is 1.59. The molecule has 92 valence electrons. The summed E-state index contributed by atoms with van der Waals surface area (Å²) in [6, 6.07) is 0. The molecular formula is C9H23NO4Si. The average Bonchev–Trinajstić information content (AvgIpc) is 2.19. The second kappa shape index (κ2) is 9.26. The van der Waals surface area contributed by atoms with Gasteiger partial charge in [0.05, 0.1) is 0 Å². The van der Waals surface area contributed by atoms with Gasteiger partial charge < -0.3 is 23.4 Å². The summed E-state index contributed by atoms with van der Waals surface area (Å²) in [7, 11) is -2.89. The lowest BCUT2D eigenvalue weighted by Crippen LogP contribution is -2.49. The highest BCUT2D eigenvalue weighted by molar-refractivity contribution is 6.53. The molecule has 0 heterocycles. The molecular weight excluding hydrogens is 214 g/mol. The lowest BCUT2D eigenvalue weighted by Gasteiger charge is -2.26. The molecule has 0 unspecified atom stereocenters. The summed E-state index contributed by atoms with van der Waals surface area (Å²) in [4.78, 5) is 0. The van der Waals surface area contributed by atoms with Crippen LogP contribution in [-0.2, 0) is 17.7 Å². The van der Waals surface area contributed by atoms with Gasteiger partial charge in [0, 0.05) is 26.4 Å². The van der Waals surface area contributed by atoms with Crippen molar-refractivity contribution in [3.63, 3.8) is 0 Å². The Morgan fingerprint density at radius 1 is 0.867 bits per heavy atom. The molecule has 0 aliphatic heterocycles. The zero-order valence-electron chi connectivity index (χ0n) is 9.95. The summed E-state index contributed by atoms with van der Waals surface area (Å²) in [5, 5.41) is 0. The van der Waals surface area contributed by atoms with Gasteiger partial charge >= 0.3 is 9.05 Å². The Bertz CT molecular complexity index is 131. The van der Waals surface area contributed by atoms with Crippen molar-refractivity contribution in [3.05, 3.63) is 0 Å². The maximum Gasteiger partial charge on any atom is 0.679 e. The van der Waals surface area contributed by atoms with Crippen LogP contribution < -0.4 is 5.73 Å². The zero-order valence-corrected chi connectivity index (χ0v) is 11.0. The van der Waals surface area contributed by atoms with E-state index in [0.29, 0.717) is 33.0 Å². The predicted molar refractivity (Wildman–Crippen MR) is 60.3 cm³/mol. The highest BCUT2D eigenvalue weighted by Crippen LogP contribution is 2.12. The molecule has 0 fully saturated rings. The topological polar surface area (TPSA) is 62.9 Å². The molecule has 2 N–H and O–H groups in total. The summed E-state index contributed by atoms with van der Waals surface area (Å²) in [5.41, 5.74) is 5.39. The first-order valence-corrected chi connectivity index (χ1v) is 7.13. The van der Waals surface area contributed by atoms with Crippen molar-refractivity contribution in [3.8, 4) is 0 Å². The van der Waals surface area contributed by atoms with Crippen molar-refractivity contribution in [2.24, 2.45) is 5.73 Å². The van der Waals surface area contributed by atoms with Gasteiger partial charge in [-0.05, 0) is 33.7 Å². The van der Waals surface area contributed by atoms with E-state index in [1.807, 2.05) is 20.8 Å². The van der Waals surface area contributed by atoms with Gasteiger partial charge in [0.15, 0.2) is 0 Å². The minimum absolute atomic E-state index is 0.517. The van der Waals surface area contributed by atoms with Crippen molar-refractivity contribution in [1.29, 1.82) is 0 Å². The van der Waals surface area contributed by atoms with Crippen LogP contribution in [0.5, 0.6) is 0 Å². The largest absolute Gasteiger partial charge is 0.679 e. The fourth-order valence-electron chi connectivity index (χ4n) is 1.06. The SMILES string of the molecule is CCO[Si](OCC)(OCC)OCCCN. The van der Waals surface area contributed by atoms with E-state index in [9.17, 15) is 0 Å². The first-order valence-electron chi connectivity index (χ1n) is 5.50. The van der Waals surface area contributed by atoms with Gasteiger partial charge in [-0.15, -0.1) is 0 Å². The fraction of sp³-hybridized carbons (Fsp3) is 1.00. The predicted octanol–water partition coefficient (Wildman–Crippen LogP) is 0.897. The van der Waals surface area contributed by atoms with Gasteiger partial charge in [0.25, 0.3) is 0 Å². The van der Waals surface area contributed by atoms with Gasteiger partial charge in [-0.1, -0.05) is 0 Å². The van der Waals surface area contributed by atoms with Crippen LogP contribution in [-0.4, -0.2) is 42.0 Å². The highest BCUT2D eigenvalue weighted by Gasteiger charge is 2.44. The maximum atomic E-state index is 5.58. The average molecular weight is 237 g/mol. The minimum Gasteiger partial charge on any atom is -0.351 e. The standard InChI is InChI=1S/C9H23NO4Si/c1-4-11-15(12-5-2,13-6-3)14-9-7-8-10/h4-10H2,1-3H3. The smallest absolute Gasteiger partial charge is 0.351 e. The van der Waals surface area contributed by atoms with Gasteiger partial charge in [0.2, 0.25) is 0 Å². The zero-order chi connectivity index (χ0) is 11.6. The Balaban J connectivity index is 4.18. The van der Waals surface area contributed by atoms with E-state index in [1.165, 1.54) is 0 Å². The van der Waals surface area contributed by atoms with E-state index in [1.54, 1.807) is 0 Å². The van der Waals surface area contributed by atoms with E-state index in [-0.39, 0.29) is 0 Å². The van der Waals surface area contributed by atoms with E-state index in [0.717, 1.165) is 6.42 Å². The van der Waals surface area contributed by atoms with Gasteiger partial charge in [0.1, 0.15) is 0 Å². The van der Waals surface area contributed by atoms with Crippen LogP contribution in [0.2, 0.25) is 0 Å². The Hall–Kier alpha value is 0.0169. The third-order valence-corrected chi connectivity index (χ3v) is 4.08. The Labute approximate surface area is 93.3 Å². The molecule has 0 aliphatic carbocycles. The highest BCUT2D eigenvalue weighted by atomic mass is 28.4. The van der Waals surface area contributed by atoms with Crippen LogP contribution in [0.3, 0.4) is 0 Å². The molecule has 6 heteroatoms. The number of hydrogen-bond donors (Lipinski definition) is 1. The van der Waals surface area contributed by atoms with Crippen LogP contribution in [0.4, 0.5) is 0 Å². The molecule has 0 saturated heterocycles. The minimum atomic E-state index is -2.89. The van der Waals surface area contributed by atoms with Crippen molar-refractivity contribution in [2.75, 3.05) is 33.0 Å². The Morgan fingerprint density at radius 3 is 1.67 bits per heavy atom. The molecule has 0 bridgehead atoms. The van der Waals surface area contributed by atoms with Gasteiger partial charge in [-0.25, -0.2) is 0 Å². The monoisotopic (exact) mass is 237 g/mol. The molecule has 0 spiro atoms. The quantitative estimate of drug-likeness (QED) is 0.452. The molecule has 0 rings (SSSR count).